The molecule has 0 aliphatic rings. The lowest BCUT2D eigenvalue weighted by Crippen LogP contribution is -2.43. The van der Waals surface area contributed by atoms with Crippen LogP contribution in [0.3, 0.4) is 0 Å². The molecule has 0 fully saturated rings. The van der Waals surface area contributed by atoms with Crippen molar-refractivity contribution in [3.63, 3.8) is 0 Å². The zero-order valence-corrected chi connectivity index (χ0v) is 15.1. The van der Waals surface area contributed by atoms with Gasteiger partial charge in [0, 0.05) is 27.2 Å². The number of nitrogens with one attached hydrogen (secondary N) is 2. The fraction of sp³-hybridized carbons (Fsp3) is 0.300. The number of amides is 1. The zero-order valence-electron chi connectivity index (χ0n) is 15.1. The molecule has 0 saturated heterocycles. The molecule has 0 radical (unpaired) electrons. The lowest BCUT2D eigenvalue weighted by Gasteiger charge is -2.22. The van der Waals surface area contributed by atoms with Gasteiger partial charge < -0.3 is 15.5 Å². The summed E-state index contributed by atoms with van der Waals surface area (Å²) in [5.41, 5.74) is 3.56. The first-order valence-corrected chi connectivity index (χ1v) is 8.37. The Bertz CT molecular complexity index is 713. The Morgan fingerprint density at radius 1 is 1.04 bits per heavy atom. The van der Waals surface area contributed by atoms with Crippen molar-refractivity contribution < 1.29 is 4.79 Å². The highest BCUT2D eigenvalue weighted by Crippen LogP contribution is 2.09. The standard InChI is InChI=1S/C20H26N4O/c1-16-9-7-8-12-18(16)15-24(3)20(21-2)23-14-19(25)22-13-17-10-5-4-6-11-17/h4-12H,13-15H2,1-3H3,(H,21,23)(H,22,25). The number of carbonyl (C=O) groups excluding carboxylic acids is 1. The summed E-state index contributed by atoms with van der Waals surface area (Å²) < 4.78 is 0. The molecular formula is C20H26N4O. The Kier molecular flexibility index (Phi) is 7.01. The normalized spacial score (nSPS) is 11.1. The molecule has 2 aromatic carbocycles. The third-order valence-corrected chi connectivity index (χ3v) is 3.98. The molecule has 0 atom stereocenters. The summed E-state index contributed by atoms with van der Waals surface area (Å²) in [4.78, 5) is 18.3. The Morgan fingerprint density at radius 2 is 1.72 bits per heavy atom. The van der Waals surface area contributed by atoms with Gasteiger partial charge in [-0.05, 0) is 23.6 Å². The van der Waals surface area contributed by atoms with Gasteiger partial charge in [0.05, 0.1) is 6.54 Å². The van der Waals surface area contributed by atoms with E-state index in [0.717, 1.165) is 12.1 Å². The van der Waals surface area contributed by atoms with Gasteiger partial charge in [-0.1, -0.05) is 54.6 Å². The van der Waals surface area contributed by atoms with Gasteiger partial charge in [-0.15, -0.1) is 0 Å². The van der Waals surface area contributed by atoms with Crippen LogP contribution < -0.4 is 10.6 Å². The highest BCUT2D eigenvalue weighted by molar-refractivity contribution is 5.86. The second-order valence-corrected chi connectivity index (χ2v) is 5.95. The smallest absolute Gasteiger partial charge is 0.239 e. The van der Waals surface area contributed by atoms with Crippen LogP contribution in [0.1, 0.15) is 16.7 Å². The zero-order chi connectivity index (χ0) is 18.1. The van der Waals surface area contributed by atoms with Crippen LogP contribution in [-0.4, -0.2) is 37.4 Å². The first kappa shape index (κ1) is 18.5. The van der Waals surface area contributed by atoms with Gasteiger partial charge in [0.25, 0.3) is 0 Å². The van der Waals surface area contributed by atoms with Crippen LogP contribution in [0.15, 0.2) is 59.6 Å². The van der Waals surface area contributed by atoms with Crippen LogP contribution in [-0.2, 0) is 17.9 Å². The van der Waals surface area contributed by atoms with Crippen molar-refractivity contribution in [2.45, 2.75) is 20.0 Å². The predicted octanol–water partition coefficient (Wildman–Crippen LogP) is 2.32. The largest absolute Gasteiger partial charge is 0.350 e. The number of guanidine groups is 1. The maximum absolute atomic E-state index is 12.0. The molecule has 25 heavy (non-hydrogen) atoms. The molecule has 0 saturated carbocycles. The van der Waals surface area contributed by atoms with Gasteiger partial charge in [-0.3, -0.25) is 9.79 Å². The number of rotatable bonds is 6. The second kappa shape index (κ2) is 9.47. The molecule has 0 spiro atoms. The number of hydrogen-bond acceptors (Lipinski definition) is 2. The fourth-order valence-corrected chi connectivity index (χ4v) is 2.52. The van der Waals surface area contributed by atoms with E-state index in [0.29, 0.717) is 12.5 Å². The van der Waals surface area contributed by atoms with Crippen molar-refractivity contribution in [1.82, 2.24) is 15.5 Å². The SMILES string of the molecule is CN=C(NCC(=O)NCc1ccccc1)N(C)Cc1ccccc1C. The summed E-state index contributed by atoms with van der Waals surface area (Å²) in [6.45, 7) is 3.55. The van der Waals surface area contributed by atoms with Crippen molar-refractivity contribution in [1.29, 1.82) is 0 Å². The second-order valence-electron chi connectivity index (χ2n) is 5.95. The number of nitrogens with zero attached hydrogens (tertiary/aromatic N) is 2. The minimum absolute atomic E-state index is 0.0608. The highest BCUT2D eigenvalue weighted by atomic mass is 16.1. The molecule has 5 heteroatoms. The summed E-state index contributed by atoms with van der Waals surface area (Å²) in [6, 6.07) is 18.1. The molecule has 0 aromatic heterocycles. The molecule has 2 N–H and O–H groups in total. The van der Waals surface area contributed by atoms with Crippen LogP contribution in [0, 0.1) is 6.92 Å². The predicted molar refractivity (Wildman–Crippen MR) is 102 cm³/mol. The summed E-state index contributed by atoms with van der Waals surface area (Å²) in [5.74, 6) is 0.632. The maximum Gasteiger partial charge on any atom is 0.239 e. The van der Waals surface area contributed by atoms with E-state index < -0.39 is 0 Å². The lowest BCUT2D eigenvalue weighted by atomic mass is 10.1. The van der Waals surface area contributed by atoms with Gasteiger partial charge >= 0.3 is 0 Å². The van der Waals surface area contributed by atoms with Crippen LogP contribution in [0.4, 0.5) is 0 Å². The molecule has 1 amide bonds. The summed E-state index contributed by atoms with van der Waals surface area (Å²) in [7, 11) is 3.68. The summed E-state index contributed by atoms with van der Waals surface area (Å²) in [6.07, 6.45) is 0. The van der Waals surface area contributed by atoms with E-state index >= 15 is 0 Å². The third kappa shape index (κ3) is 5.95. The van der Waals surface area contributed by atoms with Gasteiger partial charge in [-0.25, -0.2) is 0 Å². The Morgan fingerprint density at radius 3 is 2.40 bits per heavy atom. The van der Waals surface area contributed by atoms with Crippen LogP contribution in [0.25, 0.3) is 0 Å². The van der Waals surface area contributed by atoms with Gasteiger partial charge in [0.1, 0.15) is 0 Å². The van der Waals surface area contributed by atoms with E-state index in [2.05, 4.69) is 34.7 Å². The van der Waals surface area contributed by atoms with E-state index in [9.17, 15) is 4.79 Å². The van der Waals surface area contributed by atoms with E-state index in [4.69, 9.17) is 0 Å². The topological polar surface area (TPSA) is 56.7 Å². The van der Waals surface area contributed by atoms with Crippen molar-refractivity contribution in [2.75, 3.05) is 20.6 Å². The van der Waals surface area contributed by atoms with Crippen molar-refractivity contribution >= 4 is 11.9 Å². The lowest BCUT2D eigenvalue weighted by molar-refractivity contribution is -0.120. The number of aryl methyl sites for hydroxylation is 1. The monoisotopic (exact) mass is 338 g/mol. The van der Waals surface area contributed by atoms with Crippen LogP contribution >= 0.6 is 0 Å². The van der Waals surface area contributed by atoms with Gasteiger partial charge in [0.2, 0.25) is 5.91 Å². The van der Waals surface area contributed by atoms with Crippen molar-refractivity contribution in [3.05, 3.63) is 71.3 Å². The van der Waals surface area contributed by atoms with Crippen LogP contribution in [0.2, 0.25) is 0 Å². The van der Waals surface area contributed by atoms with Crippen molar-refractivity contribution in [3.8, 4) is 0 Å². The van der Waals surface area contributed by atoms with E-state index in [1.807, 2.05) is 54.4 Å². The van der Waals surface area contributed by atoms with E-state index in [1.54, 1.807) is 7.05 Å². The quantitative estimate of drug-likeness (QED) is 0.628. The Hall–Kier alpha value is -2.82. The highest BCUT2D eigenvalue weighted by Gasteiger charge is 2.09. The molecule has 2 aromatic rings. The van der Waals surface area contributed by atoms with Gasteiger partial charge in [0.15, 0.2) is 5.96 Å². The average Bonchev–Trinajstić information content (AvgIpc) is 2.63. The number of hydrogen-bond donors (Lipinski definition) is 2. The molecule has 0 aliphatic carbocycles. The number of benzene rings is 2. The minimum atomic E-state index is -0.0608. The molecule has 0 bridgehead atoms. The Labute approximate surface area is 149 Å². The molecule has 2 rings (SSSR count). The molecule has 0 aliphatic heterocycles. The third-order valence-electron chi connectivity index (χ3n) is 3.98. The van der Waals surface area contributed by atoms with Gasteiger partial charge in [-0.2, -0.15) is 0 Å². The Balaban J connectivity index is 1.81. The first-order chi connectivity index (χ1) is 12.1. The minimum Gasteiger partial charge on any atom is -0.350 e. The van der Waals surface area contributed by atoms with Crippen LogP contribution in [0.5, 0.6) is 0 Å². The van der Waals surface area contributed by atoms with E-state index in [1.165, 1.54) is 11.1 Å². The van der Waals surface area contributed by atoms with E-state index in [-0.39, 0.29) is 12.5 Å². The molecule has 0 unspecified atom stereocenters. The average molecular weight is 338 g/mol. The molecule has 5 nitrogen and oxygen atoms in total. The first-order valence-electron chi connectivity index (χ1n) is 8.37. The molecular weight excluding hydrogens is 312 g/mol. The maximum atomic E-state index is 12.0. The van der Waals surface area contributed by atoms with Crippen molar-refractivity contribution in [2.24, 2.45) is 4.99 Å². The molecule has 0 heterocycles. The molecule has 132 valence electrons. The summed E-state index contributed by atoms with van der Waals surface area (Å²) >= 11 is 0. The number of aliphatic imine (C=N–C) groups is 1. The number of carbonyl (C=O) groups is 1. The fourth-order valence-electron chi connectivity index (χ4n) is 2.52. The summed E-state index contributed by atoms with van der Waals surface area (Å²) in [5, 5.41) is 6.01.